The first-order chi connectivity index (χ1) is 19.8. The Morgan fingerprint density at radius 1 is 0.425 bits per heavy atom. The molecule has 9 rings (SSSR count). The van der Waals surface area contributed by atoms with E-state index in [1.165, 1.54) is 71.3 Å². The Bertz CT molecular complexity index is 2390. The van der Waals surface area contributed by atoms with Crippen molar-refractivity contribution in [3.63, 3.8) is 0 Å². The summed E-state index contributed by atoms with van der Waals surface area (Å²) in [5, 5.41) is 7.64. The molecule has 0 unspecified atom stereocenters. The van der Waals surface area contributed by atoms with Gasteiger partial charge in [-0.3, -0.25) is 0 Å². The predicted molar refractivity (Wildman–Crippen MR) is 169 cm³/mol. The summed E-state index contributed by atoms with van der Waals surface area (Å²) in [7, 11) is 0. The number of para-hydroxylation sites is 3. The Balaban J connectivity index is 1.33. The van der Waals surface area contributed by atoms with Crippen LogP contribution in [0.15, 0.2) is 127 Å². The summed E-state index contributed by atoms with van der Waals surface area (Å²) in [5.74, 6) is 0. The maximum Gasteiger partial charge on any atom is 0.0543 e. The number of aromatic amines is 1. The van der Waals surface area contributed by atoms with Crippen molar-refractivity contribution in [3.05, 3.63) is 133 Å². The van der Waals surface area contributed by atoms with Crippen LogP contribution in [0.1, 0.15) is 5.56 Å². The van der Waals surface area contributed by atoms with Crippen LogP contribution in [-0.2, 0) is 0 Å². The number of hydrogen-bond donors (Lipinski definition) is 1. The van der Waals surface area contributed by atoms with Crippen molar-refractivity contribution >= 4 is 65.4 Å². The highest BCUT2D eigenvalue weighted by Crippen LogP contribution is 2.37. The summed E-state index contributed by atoms with van der Waals surface area (Å²) in [6.45, 7) is 2.21. The normalized spacial score (nSPS) is 12.1. The maximum absolute atomic E-state index is 3.66. The molecule has 0 aliphatic rings. The summed E-state index contributed by atoms with van der Waals surface area (Å²) in [6.07, 6.45) is 0. The van der Waals surface area contributed by atoms with E-state index in [-0.39, 0.29) is 0 Å². The molecular weight excluding hydrogens is 486 g/mol. The molecule has 0 saturated carbocycles. The Hall–Kier alpha value is -5.28. The fourth-order valence-electron chi connectivity index (χ4n) is 6.83. The van der Waals surface area contributed by atoms with Gasteiger partial charge in [-0.15, -0.1) is 0 Å². The van der Waals surface area contributed by atoms with Crippen LogP contribution in [0.25, 0.3) is 76.8 Å². The van der Waals surface area contributed by atoms with E-state index >= 15 is 0 Å². The lowest BCUT2D eigenvalue weighted by Gasteiger charge is -2.09. The minimum atomic E-state index is 1.15. The molecule has 3 heteroatoms. The summed E-state index contributed by atoms with van der Waals surface area (Å²) in [6, 6.07) is 46.3. The maximum atomic E-state index is 3.66. The molecular formula is C37H25N3. The smallest absolute Gasteiger partial charge is 0.0543 e. The summed E-state index contributed by atoms with van der Waals surface area (Å²) < 4.78 is 4.80. The summed E-state index contributed by atoms with van der Waals surface area (Å²) >= 11 is 0. The van der Waals surface area contributed by atoms with Crippen LogP contribution in [-0.4, -0.2) is 14.1 Å². The molecule has 0 fully saturated rings. The van der Waals surface area contributed by atoms with Crippen LogP contribution in [0.5, 0.6) is 0 Å². The van der Waals surface area contributed by atoms with Crippen LogP contribution in [0, 0.1) is 6.92 Å². The van der Waals surface area contributed by atoms with E-state index in [1.54, 1.807) is 0 Å². The zero-order chi connectivity index (χ0) is 26.4. The number of nitrogens with zero attached hydrogens (tertiary/aromatic N) is 2. The Morgan fingerprint density at radius 2 is 0.900 bits per heavy atom. The third-order valence-electron chi connectivity index (χ3n) is 8.57. The van der Waals surface area contributed by atoms with Gasteiger partial charge in [-0.25, -0.2) is 0 Å². The number of benzene rings is 6. The van der Waals surface area contributed by atoms with Crippen LogP contribution in [0.2, 0.25) is 0 Å². The standard InChI is InChI=1S/C37H25N3/c1-23-9-8-16-36-37(23)28-12-4-7-15-35(28)40(36)25-18-20-32-30(22-25)29-21-24(17-19-31(29)38-32)39-33-13-5-2-10-26(33)27-11-3-6-14-34(27)39/h2-22,38H,1H3. The van der Waals surface area contributed by atoms with E-state index in [0.29, 0.717) is 0 Å². The minimum absolute atomic E-state index is 1.15. The molecule has 0 saturated heterocycles. The van der Waals surface area contributed by atoms with Crippen molar-refractivity contribution in [1.29, 1.82) is 0 Å². The first-order valence-electron chi connectivity index (χ1n) is 13.8. The van der Waals surface area contributed by atoms with Crippen LogP contribution >= 0.6 is 0 Å². The zero-order valence-corrected chi connectivity index (χ0v) is 22.0. The molecule has 0 atom stereocenters. The van der Waals surface area contributed by atoms with Gasteiger partial charge in [0.25, 0.3) is 0 Å². The molecule has 0 spiro atoms. The third kappa shape index (κ3) is 2.84. The van der Waals surface area contributed by atoms with Crippen molar-refractivity contribution in [1.82, 2.24) is 14.1 Å². The molecule has 6 aromatic carbocycles. The summed E-state index contributed by atoms with van der Waals surface area (Å²) in [4.78, 5) is 3.66. The molecule has 0 radical (unpaired) electrons. The lowest BCUT2D eigenvalue weighted by Crippen LogP contribution is -1.94. The average Bonchev–Trinajstić information content (AvgIpc) is 3.64. The van der Waals surface area contributed by atoms with E-state index < -0.39 is 0 Å². The molecule has 3 nitrogen and oxygen atoms in total. The second-order valence-electron chi connectivity index (χ2n) is 10.8. The van der Waals surface area contributed by atoms with Gasteiger partial charge < -0.3 is 14.1 Å². The van der Waals surface area contributed by atoms with Crippen molar-refractivity contribution < 1.29 is 0 Å². The molecule has 0 aliphatic carbocycles. The van der Waals surface area contributed by atoms with E-state index in [4.69, 9.17) is 0 Å². The van der Waals surface area contributed by atoms with Crippen LogP contribution < -0.4 is 0 Å². The van der Waals surface area contributed by atoms with Gasteiger partial charge in [0.15, 0.2) is 0 Å². The highest BCUT2D eigenvalue weighted by atomic mass is 15.0. The number of H-pyrrole nitrogens is 1. The largest absolute Gasteiger partial charge is 0.355 e. The number of rotatable bonds is 2. The lowest BCUT2D eigenvalue weighted by atomic mass is 10.1. The van der Waals surface area contributed by atoms with Gasteiger partial charge in [0.05, 0.1) is 22.1 Å². The van der Waals surface area contributed by atoms with Crippen LogP contribution in [0.4, 0.5) is 0 Å². The average molecular weight is 512 g/mol. The van der Waals surface area contributed by atoms with Gasteiger partial charge in [-0.05, 0) is 73.2 Å². The fraction of sp³-hybridized carbons (Fsp3) is 0.0270. The van der Waals surface area contributed by atoms with Crippen molar-refractivity contribution in [2.24, 2.45) is 0 Å². The Labute approximate surface area is 230 Å². The zero-order valence-electron chi connectivity index (χ0n) is 22.0. The molecule has 9 aromatic rings. The van der Waals surface area contributed by atoms with Gasteiger partial charge in [0, 0.05) is 54.7 Å². The predicted octanol–water partition coefficient (Wildman–Crippen LogP) is 9.82. The number of aromatic nitrogens is 3. The number of nitrogens with one attached hydrogen (secondary N) is 1. The number of fused-ring (bicyclic) bond motifs is 9. The van der Waals surface area contributed by atoms with E-state index in [9.17, 15) is 0 Å². The van der Waals surface area contributed by atoms with Gasteiger partial charge in [0.1, 0.15) is 0 Å². The van der Waals surface area contributed by atoms with Crippen molar-refractivity contribution in [3.8, 4) is 11.4 Å². The SMILES string of the molecule is Cc1cccc2c1c1ccccc1n2-c1ccc2[nH]c3ccc(-n4c5ccccc5c5ccccc54)cc3c2c1. The third-order valence-corrected chi connectivity index (χ3v) is 8.57. The monoisotopic (exact) mass is 511 g/mol. The fourth-order valence-corrected chi connectivity index (χ4v) is 6.83. The molecule has 1 N–H and O–H groups in total. The quantitative estimate of drug-likeness (QED) is 0.239. The molecule has 0 amide bonds. The van der Waals surface area contributed by atoms with Gasteiger partial charge in [-0.2, -0.15) is 0 Å². The minimum Gasteiger partial charge on any atom is -0.355 e. The Kier molecular flexibility index (Phi) is 4.26. The molecule has 0 aliphatic heterocycles. The first kappa shape index (κ1) is 21.6. The van der Waals surface area contributed by atoms with E-state index in [0.717, 1.165) is 11.0 Å². The Morgan fingerprint density at radius 3 is 1.50 bits per heavy atom. The highest BCUT2D eigenvalue weighted by molar-refractivity contribution is 6.13. The molecule has 40 heavy (non-hydrogen) atoms. The first-order valence-corrected chi connectivity index (χ1v) is 13.8. The number of aryl methyl sites for hydroxylation is 1. The summed E-state index contributed by atoms with van der Waals surface area (Å²) in [5.41, 5.74) is 10.9. The highest BCUT2D eigenvalue weighted by Gasteiger charge is 2.16. The number of hydrogen-bond acceptors (Lipinski definition) is 0. The second-order valence-corrected chi connectivity index (χ2v) is 10.8. The molecule has 0 bridgehead atoms. The molecule has 188 valence electrons. The topological polar surface area (TPSA) is 25.6 Å². The van der Waals surface area contributed by atoms with Gasteiger partial charge in [0.2, 0.25) is 0 Å². The van der Waals surface area contributed by atoms with E-state index in [2.05, 4.69) is 148 Å². The molecule has 3 heterocycles. The van der Waals surface area contributed by atoms with Gasteiger partial charge >= 0.3 is 0 Å². The van der Waals surface area contributed by atoms with E-state index in [1.807, 2.05) is 0 Å². The van der Waals surface area contributed by atoms with Gasteiger partial charge in [-0.1, -0.05) is 66.7 Å². The molecule has 3 aromatic heterocycles. The van der Waals surface area contributed by atoms with Crippen molar-refractivity contribution in [2.45, 2.75) is 6.92 Å². The van der Waals surface area contributed by atoms with Crippen molar-refractivity contribution in [2.75, 3.05) is 0 Å². The van der Waals surface area contributed by atoms with Crippen LogP contribution in [0.3, 0.4) is 0 Å². The second kappa shape index (κ2) is 7.87. The lowest BCUT2D eigenvalue weighted by molar-refractivity contribution is 1.18.